The molecule has 1 aliphatic carbocycles. The van der Waals surface area contributed by atoms with E-state index in [1.807, 2.05) is 0 Å². The summed E-state index contributed by atoms with van der Waals surface area (Å²) in [7, 11) is 0. The van der Waals surface area contributed by atoms with Crippen LogP contribution in [-0.4, -0.2) is 47.3 Å². The Morgan fingerprint density at radius 3 is 2.52 bits per heavy atom. The highest BCUT2D eigenvalue weighted by molar-refractivity contribution is 5.84. The van der Waals surface area contributed by atoms with Crippen molar-refractivity contribution in [3.63, 3.8) is 0 Å². The van der Waals surface area contributed by atoms with Crippen molar-refractivity contribution in [1.82, 2.24) is 4.90 Å². The van der Waals surface area contributed by atoms with Gasteiger partial charge in [-0.2, -0.15) is 0 Å². The Hall–Kier alpha value is -1.05. The van der Waals surface area contributed by atoms with Gasteiger partial charge in [-0.3, -0.25) is 4.90 Å². The fraction of sp³-hybridized carbons (Fsp3) is 0.842. The van der Waals surface area contributed by atoms with Gasteiger partial charge in [-0.1, -0.05) is 31.6 Å². The lowest BCUT2D eigenvalue weighted by atomic mass is 9.84. The van der Waals surface area contributed by atoms with Crippen LogP contribution in [0.25, 0.3) is 0 Å². The van der Waals surface area contributed by atoms with Gasteiger partial charge in [0.1, 0.15) is 6.10 Å². The van der Waals surface area contributed by atoms with Crippen molar-refractivity contribution in [2.24, 2.45) is 11.8 Å². The SMILES string of the molecule is CCCC#C[C@](O)(C(=O)O[C@@H]1CN2CCC1CC2)C1CCCC1. The molecule has 4 nitrogen and oxygen atoms in total. The number of hydrogen-bond acceptors (Lipinski definition) is 4. The molecule has 0 aromatic heterocycles. The quantitative estimate of drug-likeness (QED) is 0.638. The third-order valence-corrected chi connectivity index (χ3v) is 5.77. The van der Waals surface area contributed by atoms with Crippen molar-refractivity contribution in [2.45, 2.75) is 70.0 Å². The number of fused-ring (bicyclic) bond motifs is 3. The Morgan fingerprint density at radius 1 is 1.26 bits per heavy atom. The fourth-order valence-corrected chi connectivity index (χ4v) is 4.26. The van der Waals surface area contributed by atoms with Gasteiger partial charge in [0.05, 0.1) is 0 Å². The molecule has 1 N–H and O–H groups in total. The lowest BCUT2D eigenvalue weighted by molar-refractivity contribution is -0.178. The standard InChI is InChI=1S/C19H29NO3/c1-2-3-6-11-19(22,16-7-4-5-8-16)18(21)23-17-14-20-12-9-15(17)10-13-20/h15-17,22H,2-5,7-10,12-14H2,1H3/t17-,19-/m1/s1. The Labute approximate surface area is 139 Å². The van der Waals surface area contributed by atoms with E-state index in [9.17, 15) is 9.90 Å². The molecule has 4 rings (SSSR count). The van der Waals surface area contributed by atoms with E-state index in [0.29, 0.717) is 12.3 Å². The van der Waals surface area contributed by atoms with Crippen molar-refractivity contribution in [2.75, 3.05) is 19.6 Å². The van der Waals surface area contributed by atoms with E-state index >= 15 is 0 Å². The average molecular weight is 319 g/mol. The second kappa shape index (κ2) is 7.23. The molecular formula is C19H29NO3. The summed E-state index contributed by atoms with van der Waals surface area (Å²) in [5.74, 6) is 5.78. The first-order valence-electron chi connectivity index (χ1n) is 9.29. The zero-order valence-corrected chi connectivity index (χ0v) is 14.2. The number of rotatable bonds is 4. The third kappa shape index (κ3) is 3.56. The van der Waals surface area contributed by atoms with Gasteiger partial charge < -0.3 is 9.84 Å². The molecule has 0 amide bonds. The smallest absolute Gasteiger partial charge is 0.351 e. The molecule has 4 fully saturated rings. The van der Waals surface area contributed by atoms with Crippen molar-refractivity contribution in [3.8, 4) is 11.8 Å². The van der Waals surface area contributed by atoms with Gasteiger partial charge in [-0.15, -0.1) is 0 Å². The maximum absolute atomic E-state index is 12.8. The van der Waals surface area contributed by atoms with E-state index in [4.69, 9.17) is 4.74 Å². The van der Waals surface area contributed by atoms with Gasteiger partial charge in [-0.25, -0.2) is 4.79 Å². The van der Waals surface area contributed by atoms with Crippen LogP contribution in [0.15, 0.2) is 0 Å². The predicted molar refractivity (Wildman–Crippen MR) is 88.6 cm³/mol. The zero-order valence-electron chi connectivity index (χ0n) is 14.2. The molecule has 1 saturated carbocycles. The topological polar surface area (TPSA) is 49.8 Å². The molecule has 4 aliphatic rings. The highest BCUT2D eigenvalue weighted by atomic mass is 16.6. The first-order valence-corrected chi connectivity index (χ1v) is 9.29. The average Bonchev–Trinajstić information content (AvgIpc) is 3.11. The largest absolute Gasteiger partial charge is 0.458 e. The number of ether oxygens (including phenoxy) is 1. The van der Waals surface area contributed by atoms with Crippen molar-refractivity contribution in [1.29, 1.82) is 0 Å². The molecule has 128 valence electrons. The van der Waals surface area contributed by atoms with Crippen LogP contribution < -0.4 is 0 Å². The summed E-state index contributed by atoms with van der Waals surface area (Å²) >= 11 is 0. The van der Waals surface area contributed by atoms with Crippen LogP contribution in [0.2, 0.25) is 0 Å². The zero-order chi connectivity index (χ0) is 16.3. The number of piperidine rings is 3. The summed E-state index contributed by atoms with van der Waals surface area (Å²) in [5, 5.41) is 11.0. The van der Waals surface area contributed by atoms with Crippen LogP contribution >= 0.6 is 0 Å². The molecule has 2 atom stereocenters. The highest BCUT2D eigenvalue weighted by Gasteiger charge is 2.47. The summed E-state index contributed by atoms with van der Waals surface area (Å²) in [5.41, 5.74) is -1.60. The minimum Gasteiger partial charge on any atom is -0.458 e. The van der Waals surface area contributed by atoms with Gasteiger partial charge in [0.25, 0.3) is 0 Å². The summed E-state index contributed by atoms with van der Waals surface area (Å²) in [6.07, 6.45) is 7.64. The lowest BCUT2D eigenvalue weighted by Gasteiger charge is -2.44. The van der Waals surface area contributed by atoms with E-state index in [1.54, 1.807) is 0 Å². The summed E-state index contributed by atoms with van der Waals surface area (Å²) in [4.78, 5) is 15.2. The molecule has 4 heteroatoms. The molecule has 0 aromatic carbocycles. The van der Waals surface area contributed by atoms with Crippen LogP contribution in [0.3, 0.4) is 0 Å². The number of hydrogen-bond donors (Lipinski definition) is 1. The third-order valence-electron chi connectivity index (χ3n) is 5.77. The molecule has 23 heavy (non-hydrogen) atoms. The van der Waals surface area contributed by atoms with Gasteiger partial charge in [0.2, 0.25) is 5.60 Å². The molecule has 3 saturated heterocycles. The second-order valence-corrected chi connectivity index (χ2v) is 7.38. The van der Waals surface area contributed by atoms with E-state index in [2.05, 4.69) is 23.7 Å². The molecule has 3 aliphatic heterocycles. The summed E-state index contributed by atoms with van der Waals surface area (Å²) < 4.78 is 5.80. The van der Waals surface area contributed by atoms with Crippen LogP contribution in [0, 0.1) is 23.7 Å². The van der Waals surface area contributed by atoms with E-state index in [0.717, 1.165) is 64.6 Å². The van der Waals surface area contributed by atoms with Crippen LogP contribution in [-0.2, 0) is 9.53 Å². The number of carbonyl (C=O) groups is 1. The Morgan fingerprint density at radius 2 is 1.96 bits per heavy atom. The normalized spacial score (nSPS) is 32.9. The van der Waals surface area contributed by atoms with Gasteiger partial charge in [-0.05, 0) is 51.1 Å². The molecule has 0 aromatic rings. The maximum atomic E-state index is 12.8. The number of nitrogens with zero attached hydrogens (tertiary/aromatic N) is 1. The van der Waals surface area contributed by atoms with Crippen molar-refractivity contribution >= 4 is 5.97 Å². The molecule has 0 spiro atoms. The van der Waals surface area contributed by atoms with Crippen LogP contribution in [0.4, 0.5) is 0 Å². The first-order chi connectivity index (χ1) is 11.1. The number of unbranched alkanes of at least 4 members (excludes halogenated alkanes) is 1. The van der Waals surface area contributed by atoms with Gasteiger partial charge >= 0.3 is 5.97 Å². The van der Waals surface area contributed by atoms with Crippen molar-refractivity contribution < 1.29 is 14.6 Å². The highest BCUT2D eigenvalue weighted by Crippen LogP contribution is 2.36. The summed E-state index contributed by atoms with van der Waals surface area (Å²) in [6.45, 7) is 5.10. The maximum Gasteiger partial charge on any atom is 0.351 e. The predicted octanol–water partition coefficient (Wildman–Crippen LogP) is 2.35. The molecule has 3 heterocycles. The second-order valence-electron chi connectivity index (χ2n) is 7.38. The monoisotopic (exact) mass is 319 g/mol. The van der Waals surface area contributed by atoms with E-state index in [1.165, 1.54) is 0 Å². The van der Waals surface area contributed by atoms with Crippen LogP contribution in [0.1, 0.15) is 58.3 Å². The van der Waals surface area contributed by atoms with Gasteiger partial charge in [0.15, 0.2) is 0 Å². The number of carbonyl (C=O) groups excluding carboxylic acids is 1. The van der Waals surface area contributed by atoms with Crippen molar-refractivity contribution in [3.05, 3.63) is 0 Å². The first kappa shape index (κ1) is 16.8. The van der Waals surface area contributed by atoms with Gasteiger partial charge in [0, 0.05) is 18.9 Å². The van der Waals surface area contributed by atoms with E-state index in [-0.39, 0.29) is 12.0 Å². The Kier molecular flexibility index (Phi) is 5.28. The molecule has 0 unspecified atom stereocenters. The fourth-order valence-electron chi connectivity index (χ4n) is 4.26. The molecule has 0 radical (unpaired) electrons. The van der Waals surface area contributed by atoms with Crippen LogP contribution in [0.5, 0.6) is 0 Å². The Balaban J connectivity index is 1.71. The lowest BCUT2D eigenvalue weighted by Crippen LogP contribution is -2.55. The molecule has 2 bridgehead atoms. The Bertz CT molecular complexity index is 481. The van der Waals surface area contributed by atoms with E-state index < -0.39 is 11.6 Å². The summed E-state index contributed by atoms with van der Waals surface area (Å²) in [6, 6.07) is 0. The minimum atomic E-state index is -1.60. The number of esters is 1. The number of aliphatic hydroxyl groups is 1. The molecular weight excluding hydrogens is 290 g/mol. The minimum absolute atomic E-state index is 0.0640.